The normalized spacial score (nSPS) is 17.2. The number of nitrogens with one attached hydrogen (secondary N) is 2. The van der Waals surface area contributed by atoms with Crippen LogP contribution in [0.15, 0.2) is 48.8 Å². The van der Waals surface area contributed by atoms with Crippen molar-refractivity contribution in [2.24, 2.45) is 0 Å². The van der Waals surface area contributed by atoms with Crippen molar-refractivity contribution in [3.8, 4) is 0 Å². The van der Waals surface area contributed by atoms with E-state index in [9.17, 15) is 14.4 Å². The Bertz CT molecular complexity index is 797. The molecule has 3 rings (SSSR count). The molecule has 1 saturated heterocycles. The number of rotatable bonds is 4. The Labute approximate surface area is 142 Å². The number of amides is 3. The van der Waals surface area contributed by atoms with E-state index in [4.69, 9.17) is 11.6 Å². The molecule has 0 saturated carbocycles. The molecule has 2 aromatic rings. The van der Waals surface area contributed by atoms with Gasteiger partial charge in [0.25, 0.3) is 11.8 Å². The number of benzene rings is 1. The lowest BCUT2D eigenvalue weighted by Gasteiger charge is -2.16. The van der Waals surface area contributed by atoms with Crippen molar-refractivity contribution in [1.29, 1.82) is 0 Å². The monoisotopic (exact) mass is 344 g/mol. The van der Waals surface area contributed by atoms with E-state index in [1.807, 2.05) is 0 Å². The number of anilines is 1. The molecule has 1 fully saturated rings. The highest BCUT2D eigenvalue weighted by atomic mass is 35.5. The van der Waals surface area contributed by atoms with Crippen molar-refractivity contribution >= 4 is 35.0 Å². The van der Waals surface area contributed by atoms with Gasteiger partial charge in [0.1, 0.15) is 6.04 Å². The van der Waals surface area contributed by atoms with Gasteiger partial charge >= 0.3 is 0 Å². The van der Waals surface area contributed by atoms with Gasteiger partial charge in [0, 0.05) is 17.4 Å². The average molecular weight is 345 g/mol. The lowest BCUT2D eigenvalue weighted by Crippen LogP contribution is -2.48. The second kappa shape index (κ2) is 6.77. The molecule has 122 valence electrons. The molecule has 0 bridgehead atoms. The molecule has 0 spiro atoms. The first-order valence-electron chi connectivity index (χ1n) is 7.14. The van der Waals surface area contributed by atoms with Crippen LogP contribution in [0.2, 0.25) is 5.02 Å². The van der Waals surface area contributed by atoms with E-state index in [0.29, 0.717) is 16.3 Å². The average Bonchev–Trinajstić information content (AvgIpc) is 2.87. The molecule has 2 heterocycles. The Morgan fingerprint density at radius 2 is 2.08 bits per heavy atom. The molecule has 1 aromatic carbocycles. The maximum absolute atomic E-state index is 12.4. The molecule has 24 heavy (non-hydrogen) atoms. The van der Waals surface area contributed by atoms with E-state index in [0.717, 1.165) is 4.90 Å². The molecule has 3 amide bonds. The summed E-state index contributed by atoms with van der Waals surface area (Å²) in [6.45, 7) is 0. The van der Waals surface area contributed by atoms with Crippen LogP contribution in [0.25, 0.3) is 0 Å². The maximum atomic E-state index is 12.4. The smallest absolute Gasteiger partial charge is 0.266 e. The van der Waals surface area contributed by atoms with E-state index < -0.39 is 17.9 Å². The van der Waals surface area contributed by atoms with Gasteiger partial charge in [-0.15, -0.1) is 0 Å². The van der Waals surface area contributed by atoms with Crippen molar-refractivity contribution in [2.45, 2.75) is 12.5 Å². The van der Waals surface area contributed by atoms with Gasteiger partial charge in [0.05, 0.1) is 17.7 Å². The Balaban J connectivity index is 1.67. The highest BCUT2D eigenvalue weighted by Gasteiger charge is 2.39. The van der Waals surface area contributed by atoms with E-state index in [-0.39, 0.29) is 12.3 Å². The molecule has 7 nitrogen and oxygen atoms in total. The minimum absolute atomic E-state index is 0.0569. The molecule has 0 aliphatic carbocycles. The number of carbonyl (C=O) groups is 3. The summed E-state index contributed by atoms with van der Waals surface area (Å²) in [5, 5.41) is 0.425. The second-order valence-corrected chi connectivity index (χ2v) is 5.58. The zero-order chi connectivity index (χ0) is 17.1. The van der Waals surface area contributed by atoms with Gasteiger partial charge in [-0.3, -0.25) is 24.8 Å². The lowest BCUT2D eigenvalue weighted by molar-refractivity contribution is -0.121. The van der Waals surface area contributed by atoms with Crippen LogP contribution in [0.1, 0.15) is 16.8 Å². The first kappa shape index (κ1) is 16.1. The van der Waals surface area contributed by atoms with Crippen molar-refractivity contribution in [3.63, 3.8) is 0 Å². The number of hydrogen-bond donors (Lipinski definition) is 2. The Kier molecular flexibility index (Phi) is 4.54. The van der Waals surface area contributed by atoms with Gasteiger partial charge in [-0.1, -0.05) is 17.7 Å². The summed E-state index contributed by atoms with van der Waals surface area (Å²) < 4.78 is 0. The topological polar surface area (TPSA) is 91.4 Å². The van der Waals surface area contributed by atoms with Crippen LogP contribution in [0.3, 0.4) is 0 Å². The standard InChI is InChI=1S/C16H13ClN4O3/c17-11-4-1-5-12(7-11)21-14(22)8-13(16(21)24)19-20-15(23)10-3-2-6-18-9-10/h1-7,9,13,19H,8H2,(H,20,23)/t13-/m1/s1. The molecular formula is C16H13ClN4O3. The molecule has 8 heteroatoms. The highest BCUT2D eigenvalue weighted by Crippen LogP contribution is 2.25. The number of halogens is 1. The molecule has 0 unspecified atom stereocenters. The van der Waals surface area contributed by atoms with Crippen molar-refractivity contribution in [2.75, 3.05) is 4.90 Å². The SMILES string of the molecule is O=C(NN[C@@H]1CC(=O)N(c2cccc(Cl)c2)C1=O)c1cccnc1. The summed E-state index contributed by atoms with van der Waals surface area (Å²) in [6.07, 6.45) is 2.89. The van der Waals surface area contributed by atoms with Crippen molar-refractivity contribution in [1.82, 2.24) is 15.8 Å². The molecule has 2 N–H and O–H groups in total. The highest BCUT2D eigenvalue weighted by molar-refractivity contribution is 6.31. The molecule has 1 atom stereocenters. The lowest BCUT2D eigenvalue weighted by atomic mass is 10.2. The van der Waals surface area contributed by atoms with Gasteiger partial charge in [-0.25, -0.2) is 10.3 Å². The van der Waals surface area contributed by atoms with Crippen LogP contribution in [0, 0.1) is 0 Å². The fourth-order valence-corrected chi connectivity index (χ4v) is 2.54. The van der Waals surface area contributed by atoms with Crippen LogP contribution >= 0.6 is 11.6 Å². The Hall–Kier alpha value is -2.77. The van der Waals surface area contributed by atoms with E-state index in [1.54, 1.807) is 36.5 Å². The molecular weight excluding hydrogens is 332 g/mol. The maximum Gasteiger partial charge on any atom is 0.266 e. The van der Waals surface area contributed by atoms with Gasteiger partial charge in [-0.2, -0.15) is 0 Å². The van der Waals surface area contributed by atoms with Crippen LogP contribution in [0.4, 0.5) is 5.69 Å². The van der Waals surface area contributed by atoms with Gasteiger partial charge in [0.15, 0.2) is 0 Å². The fraction of sp³-hybridized carbons (Fsp3) is 0.125. The minimum Gasteiger partial charge on any atom is -0.287 e. The summed E-state index contributed by atoms with van der Waals surface area (Å²) in [4.78, 5) is 41.4. The zero-order valence-electron chi connectivity index (χ0n) is 12.4. The number of aromatic nitrogens is 1. The molecule has 1 aliphatic rings. The first-order valence-corrected chi connectivity index (χ1v) is 7.52. The van der Waals surface area contributed by atoms with Gasteiger partial charge < -0.3 is 0 Å². The second-order valence-electron chi connectivity index (χ2n) is 5.14. The first-order chi connectivity index (χ1) is 11.6. The van der Waals surface area contributed by atoms with E-state index >= 15 is 0 Å². The Morgan fingerprint density at radius 3 is 2.79 bits per heavy atom. The number of carbonyl (C=O) groups excluding carboxylic acids is 3. The summed E-state index contributed by atoms with van der Waals surface area (Å²) in [7, 11) is 0. The number of pyridine rings is 1. The molecule has 1 aromatic heterocycles. The third-order valence-corrected chi connectivity index (χ3v) is 3.73. The number of hydrogen-bond acceptors (Lipinski definition) is 5. The quantitative estimate of drug-likeness (QED) is 0.644. The van der Waals surface area contributed by atoms with Crippen LogP contribution in [-0.4, -0.2) is 28.7 Å². The fourth-order valence-electron chi connectivity index (χ4n) is 2.35. The van der Waals surface area contributed by atoms with Crippen molar-refractivity contribution < 1.29 is 14.4 Å². The van der Waals surface area contributed by atoms with Gasteiger partial charge in [0.2, 0.25) is 5.91 Å². The number of imide groups is 1. The third-order valence-electron chi connectivity index (χ3n) is 3.50. The Morgan fingerprint density at radius 1 is 1.25 bits per heavy atom. The minimum atomic E-state index is -0.836. The van der Waals surface area contributed by atoms with Crippen LogP contribution in [0.5, 0.6) is 0 Å². The van der Waals surface area contributed by atoms with Crippen LogP contribution in [-0.2, 0) is 9.59 Å². The summed E-state index contributed by atoms with van der Waals surface area (Å²) in [5.41, 5.74) is 5.77. The van der Waals surface area contributed by atoms with Crippen LogP contribution < -0.4 is 15.8 Å². The largest absolute Gasteiger partial charge is 0.287 e. The van der Waals surface area contributed by atoms with Gasteiger partial charge in [-0.05, 0) is 30.3 Å². The van der Waals surface area contributed by atoms with E-state index in [1.165, 1.54) is 12.3 Å². The third kappa shape index (κ3) is 3.27. The van der Waals surface area contributed by atoms with Crippen molar-refractivity contribution in [3.05, 3.63) is 59.4 Å². The summed E-state index contributed by atoms with van der Waals surface area (Å²) >= 11 is 5.90. The molecule has 1 aliphatic heterocycles. The predicted molar refractivity (Wildman–Crippen MR) is 87.2 cm³/mol. The van der Waals surface area contributed by atoms with E-state index in [2.05, 4.69) is 15.8 Å². The zero-order valence-corrected chi connectivity index (χ0v) is 13.2. The summed E-state index contributed by atoms with van der Waals surface area (Å²) in [5.74, 6) is -1.26. The number of nitrogens with zero attached hydrogens (tertiary/aromatic N) is 2. The molecule has 0 radical (unpaired) electrons. The summed E-state index contributed by atoms with van der Waals surface area (Å²) in [6, 6.07) is 8.84. The number of hydrazine groups is 1. The predicted octanol–water partition coefficient (Wildman–Crippen LogP) is 1.30.